The third-order valence-corrected chi connectivity index (χ3v) is 5.32. The van der Waals surface area contributed by atoms with Crippen LogP contribution < -0.4 is 4.74 Å². The van der Waals surface area contributed by atoms with Gasteiger partial charge in [0.25, 0.3) is 11.6 Å². The van der Waals surface area contributed by atoms with Crippen molar-refractivity contribution in [2.75, 3.05) is 7.11 Å². The summed E-state index contributed by atoms with van der Waals surface area (Å²) in [5, 5.41) is 8.37. The second-order valence-corrected chi connectivity index (χ2v) is 7.69. The minimum atomic E-state index is -0.567. The van der Waals surface area contributed by atoms with Crippen molar-refractivity contribution in [1.82, 2.24) is 20.3 Å². The van der Waals surface area contributed by atoms with Gasteiger partial charge in [-0.3, -0.25) is 0 Å². The number of rotatable bonds is 6. The third kappa shape index (κ3) is 4.11. The molecule has 34 heavy (non-hydrogen) atoms. The highest BCUT2D eigenvalue weighted by Gasteiger charge is 2.21. The van der Waals surface area contributed by atoms with Gasteiger partial charge in [0.1, 0.15) is 5.75 Å². The van der Waals surface area contributed by atoms with Crippen molar-refractivity contribution in [3.63, 3.8) is 0 Å². The molecule has 0 aliphatic heterocycles. The van der Waals surface area contributed by atoms with Gasteiger partial charge in [-0.05, 0) is 44.2 Å². The average molecular weight is 456 g/mol. The van der Waals surface area contributed by atoms with Crippen LogP contribution in [0.15, 0.2) is 63.6 Å². The Morgan fingerprint density at radius 1 is 0.912 bits per heavy atom. The molecule has 3 heterocycles. The second-order valence-electron chi connectivity index (χ2n) is 7.69. The van der Waals surface area contributed by atoms with Gasteiger partial charge in [-0.2, -0.15) is 4.98 Å². The van der Waals surface area contributed by atoms with E-state index in [1.54, 1.807) is 44.4 Å². The van der Waals surface area contributed by atoms with Gasteiger partial charge in [0.2, 0.25) is 5.82 Å². The molecule has 2 aromatic carbocycles. The molecule has 0 radical (unpaired) electrons. The minimum Gasteiger partial charge on any atom is -0.497 e. The summed E-state index contributed by atoms with van der Waals surface area (Å²) in [6.45, 7) is 3.59. The number of carbonyl (C=O) groups is 1. The van der Waals surface area contributed by atoms with Crippen molar-refractivity contribution in [1.29, 1.82) is 0 Å². The maximum absolute atomic E-state index is 13.0. The molecule has 0 saturated carbocycles. The number of hydrogen-bond donors (Lipinski definition) is 0. The van der Waals surface area contributed by atoms with Gasteiger partial charge >= 0.3 is 5.97 Å². The number of aryl methyl sites for hydroxylation is 2. The van der Waals surface area contributed by atoms with Crippen LogP contribution in [0, 0.1) is 13.8 Å². The predicted molar refractivity (Wildman–Crippen MR) is 122 cm³/mol. The smallest absolute Gasteiger partial charge is 0.339 e. The van der Waals surface area contributed by atoms with Gasteiger partial charge < -0.3 is 18.5 Å². The van der Waals surface area contributed by atoms with E-state index in [0.29, 0.717) is 28.2 Å². The summed E-state index contributed by atoms with van der Waals surface area (Å²) >= 11 is 0. The molecule has 5 aromatic rings. The first-order valence-corrected chi connectivity index (χ1v) is 10.5. The number of methoxy groups -OCH3 is 1. The van der Waals surface area contributed by atoms with E-state index in [9.17, 15) is 4.79 Å². The number of esters is 1. The van der Waals surface area contributed by atoms with Gasteiger partial charge in [0, 0.05) is 11.1 Å². The molecule has 0 aliphatic carbocycles. The Kier molecular flexibility index (Phi) is 5.51. The minimum absolute atomic E-state index is 0.160. The highest BCUT2D eigenvalue weighted by atomic mass is 16.5. The molecule has 170 valence electrons. The number of benzene rings is 2. The fraction of sp³-hybridized carbons (Fsp3) is 0.160. The molecule has 0 amide bonds. The Hall–Kier alpha value is -4.53. The largest absolute Gasteiger partial charge is 0.497 e. The summed E-state index contributed by atoms with van der Waals surface area (Å²) in [6, 6.07) is 16.7. The van der Waals surface area contributed by atoms with Gasteiger partial charge in [0.15, 0.2) is 6.61 Å². The zero-order valence-corrected chi connectivity index (χ0v) is 18.7. The van der Waals surface area contributed by atoms with Gasteiger partial charge in [-0.25, -0.2) is 9.78 Å². The van der Waals surface area contributed by atoms with Crippen LogP contribution in [0.3, 0.4) is 0 Å². The first-order valence-electron chi connectivity index (χ1n) is 10.5. The number of fused-ring (bicyclic) bond motifs is 1. The van der Waals surface area contributed by atoms with E-state index in [-0.39, 0.29) is 18.1 Å². The van der Waals surface area contributed by atoms with Crippen LogP contribution in [0.2, 0.25) is 0 Å². The first-order chi connectivity index (χ1) is 16.5. The molecule has 3 aromatic heterocycles. The second kappa shape index (κ2) is 8.78. The van der Waals surface area contributed by atoms with Gasteiger partial charge in [-0.15, -0.1) is 0 Å². The summed E-state index contributed by atoms with van der Waals surface area (Å²) < 4.78 is 21.3. The van der Waals surface area contributed by atoms with Crippen LogP contribution in [-0.4, -0.2) is 33.4 Å². The van der Waals surface area contributed by atoms with E-state index >= 15 is 0 Å². The molecule has 9 nitrogen and oxygen atoms in total. The van der Waals surface area contributed by atoms with Crippen LogP contribution >= 0.6 is 0 Å². The monoisotopic (exact) mass is 456 g/mol. The number of hydrogen-bond acceptors (Lipinski definition) is 9. The van der Waals surface area contributed by atoms with Crippen LogP contribution in [0.1, 0.15) is 27.4 Å². The van der Waals surface area contributed by atoms with Crippen LogP contribution in [0.5, 0.6) is 5.75 Å². The SMILES string of the molecule is COc1ccc(-c2nc(COC(=O)c3cc(-c4ccc(C)cc4)nc4onc(C)c34)no2)cc1. The topological polar surface area (TPSA) is 113 Å². The summed E-state index contributed by atoms with van der Waals surface area (Å²) in [6.07, 6.45) is 0. The lowest BCUT2D eigenvalue weighted by Gasteiger charge is -2.07. The average Bonchev–Trinajstić information content (AvgIpc) is 3.49. The lowest BCUT2D eigenvalue weighted by molar-refractivity contribution is 0.0462. The lowest BCUT2D eigenvalue weighted by Crippen LogP contribution is -2.08. The zero-order valence-electron chi connectivity index (χ0n) is 18.7. The van der Waals surface area contributed by atoms with Gasteiger partial charge in [0.05, 0.1) is 29.4 Å². The number of pyridine rings is 1. The summed E-state index contributed by atoms with van der Waals surface area (Å²) in [7, 11) is 1.59. The van der Waals surface area contributed by atoms with Gasteiger partial charge in [-0.1, -0.05) is 40.1 Å². The Labute approximate surface area is 194 Å². The Morgan fingerprint density at radius 3 is 2.38 bits per heavy atom. The van der Waals surface area contributed by atoms with E-state index in [4.69, 9.17) is 18.5 Å². The Bertz CT molecular complexity index is 1470. The molecule has 0 spiro atoms. The Morgan fingerprint density at radius 2 is 1.65 bits per heavy atom. The number of carbonyl (C=O) groups excluding carboxylic acids is 1. The van der Waals surface area contributed by atoms with E-state index in [0.717, 1.165) is 22.4 Å². The molecular formula is C25H20N4O5. The first kappa shape index (κ1) is 21.3. The summed E-state index contributed by atoms with van der Waals surface area (Å²) in [5.41, 5.74) is 4.39. The molecule has 5 rings (SSSR count). The maximum atomic E-state index is 13.0. The highest BCUT2D eigenvalue weighted by Crippen LogP contribution is 2.28. The Balaban J connectivity index is 1.39. The molecule has 0 bridgehead atoms. The van der Waals surface area contributed by atoms with Crippen molar-refractivity contribution in [2.24, 2.45) is 0 Å². The molecule has 0 fully saturated rings. The standard InChI is InChI=1S/C25H20N4O5/c1-14-4-6-16(7-5-14)20-12-19(22-15(2)28-34-24(22)26-20)25(30)32-13-21-27-23(33-29-21)17-8-10-18(31-3)11-9-17/h4-12H,13H2,1-3H3. The van der Waals surface area contributed by atoms with Crippen LogP contribution in [-0.2, 0) is 11.3 Å². The van der Waals surface area contributed by atoms with Crippen molar-refractivity contribution >= 4 is 17.1 Å². The van der Waals surface area contributed by atoms with Crippen molar-refractivity contribution < 1.29 is 23.3 Å². The highest BCUT2D eigenvalue weighted by molar-refractivity contribution is 6.04. The van der Waals surface area contributed by atoms with Crippen molar-refractivity contribution in [3.05, 3.63) is 77.2 Å². The molecule has 0 aliphatic rings. The normalized spacial score (nSPS) is 11.0. The zero-order chi connectivity index (χ0) is 23.7. The molecule has 0 N–H and O–H groups in total. The van der Waals surface area contributed by atoms with E-state index < -0.39 is 5.97 Å². The maximum Gasteiger partial charge on any atom is 0.339 e. The van der Waals surface area contributed by atoms with Crippen LogP contribution in [0.25, 0.3) is 33.8 Å². The van der Waals surface area contributed by atoms with Crippen LogP contribution in [0.4, 0.5) is 0 Å². The molecule has 9 heteroatoms. The molecule has 0 unspecified atom stereocenters. The fourth-order valence-corrected chi connectivity index (χ4v) is 3.50. The predicted octanol–water partition coefficient (Wildman–Crippen LogP) is 4.92. The summed E-state index contributed by atoms with van der Waals surface area (Å²) in [5.74, 6) is 0.708. The van der Waals surface area contributed by atoms with Crippen molar-refractivity contribution in [3.8, 4) is 28.5 Å². The fourth-order valence-electron chi connectivity index (χ4n) is 3.50. The molecular weight excluding hydrogens is 436 g/mol. The molecule has 0 saturated heterocycles. The van der Waals surface area contributed by atoms with E-state index in [1.807, 2.05) is 31.2 Å². The number of aromatic nitrogens is 4. The number of nitrogens with zero attached hydrogens (tertiary/aromatic N) is 4. The third-order valence-electron chi connectivity index (χ3n) is 5.32. The van der Waals surface area contributed by atoms with Crippen molar-refractivity contribution in [2.45, 2.75) is 20.5 Å². The summed E-state index contributed by atoms with van der Waals surface area (Å²) in [4.78, 5) is 21.9. The lowest BCUT2D eigenvalue weighted by atomic mass is 10.0. The van der Waals surface area contributed by atoms with E-state index in [2.05, 4.69) is 20.3 Å². The quantitative estimate of drug-likeness (QED) is 0.328. The molecule has 0 atom stereocenters. The van der Waals surface area contributed by atoms with E-state index in [1.165, 1.54) is 0 Å². The number of ether oxygens (including phenoxy) is 2.